The van der Waals surface area contributed by atoms with E-state index in [0.717, 1.165) is 31.6 Å². The van der Waals surface area contributed by atoms with Gasteiger partial charge in [-0.15, -0.1) is 0 Å². The summed E-state index contributed by atoms with van der Waals surface area (Å²) in [7, 11) is 0. The predicted molar refractivity (Wildman–Crippen MR) is 137 cm³/mol. The lowest BCUT2D eigenvalue weighted by Crippen LogP contribution is -2.12. The lowest BCUT2D eigenvalue weighted by molar-refractivity contribution is -0.137. The molecule has 0 unspecified atom stereocenters. The fraction of sp³-hybridized carbons (Fsp3) is 0.724. The molecule has 4 heteroatoms. The summed E-state index contributed by atoms with van der Waals surface area (Å²) in [5.41, 5.74) is 0. The van der Waals surface area contributed by atoms with E-state index in [2.05, 4.69) is 20.8 Å². The highest BCUT2D eigenvalue weighted by atomic mass is 16.6. The monoisotopic (exact) mass is 460 g/mol. The topological polar surface area (TPSA) is 52.6 Å². The van der Waals surface area contributed by atoms with E-state index in [1.807, 2.05) is 0 Å². The van der Waals surface area contributed by atoms with E-state index in [1.165, 1.54) is 70.6 Å². The zero-order valence-electron chi connectivity index (χ0n) is 21.5. The zero-order chi connectivity index (χ0) is 24.2. The molecule has 0 N–H and O–H groups in total. The molecule has 0 fully saturated rings. The predicted octanol–water partition coefficient (Wildman–Crippen LogP) is 8.81. The Labute approximate surface area is 202 Å². The van der Waals surface area contributed by atoms with Crippen LogP contribution in [0.1, 0.15) is 130 Å². The van der Waals surface area contributed by atoms with E-state index in [4.69, 9.17) is 9.47 Å². The molecule has 1 aromatic carbocycles. The maximum atomic E-state index is 12.3. The Bertz CT molecular complexity index is 636. The number of esters is 2. The Morgan fingerprint density at radius 2 is 1.06 bits per heavy atom. The van der Waals surface area contributed by atoms with Crippen molar-refractivity contribution in [2.45, 2.75) is 130 Å². The van der Waals surface area contributed by atoms with E-state index in [0.29, 0.717) is 24.3 Å². The maximum Gasteiger partial charge on any atom is 0.311 e. The smallest absolute Gasteiger partial charge is 0.311 e. The van der Waals surface area contributed by atoms with Gasteiger partial charge in [-0.25, -0.2) is 0 Å². The first kappa shape index (κ1) is 29.2. The van der Waals surface area contributed by atoms with Crippen LogP contribution in [-0.4, -0.2) is 11.9 Å². The van der Waals surface area contributed by atoms with Crippen LogP contribution in [0.3, 0.4) is 0 Å². The summed E-state index contributed by atoms with van der Waals surface area (Å²) in [6.45, 7) is 6.76. The molecule has 0 saturated carbocycles. The lowest BCUT2D eigenvalue weighted by atomic mass is 9.96. The van der Waals surface area contributed by atoms with Crippen LogP contribution in [0, 0.1) is 5.92 Å². The van der Waals surface area contributed by atoms with Gasteiger partial charge in [0.15, 0.2) is 11.5 Å². The minimum Gasteiger partial charge on any atom is -0.423 e. The van der Waals surface area contributed by atoms with Gasteiger partial charge in [-0.05, 0) is 30.9 Å². The normalized spacial score (nSPS) is 11.0. The number of hydrogen-bond donors (Lipinski definition) is 0. The Balaban J connectivity index is 2.24. The molecular formula is C29H48O4. The van der Waals surface area contributed by atoms with Crippen LogP contribution in [0.15, 0.2) is 24.3 Å². The number of para-hydroxylation sites is 2. The van der Waals surface area contributed by atoms with Gasteiger partial charge in [-0.2, -0.15) is 0 Å². The molecule has 33 heavy (non-hydrogen) atoms. The molecule has 0 spiro atoms. The van der Waals surface area contributed by atoms with E-state index in [1.54, 1.807) is 24.3 Å². The quantitative estimate of drug-likeness (QED) is 0.111. The summed E-state index contributed by atoms with van der Waals surface area (Å²) in [5.74, 6) is 1.01. The van der Waals surface area contributed by atoms with Gasteiger partial charge in [-0.1, -0.05) is 116 Å². The highest BCUT2D eigenvalue weighted by molar-refractivity contribution is 5.76. The van der Waals surface area contributed by atoms with Crippen LogP contribution < -0.4 is 9.47 Å². The van der Waals surface area contributed by atoms with Gasteiger partial charge in [0, 0.05) is 12.8 Å². The zero-order valence-corrected chi connectivity index (χ0v) is 21.5. The molecule has 0 atom stereocenters. The number of benzene rings is 1. The minimum absolute atomic E-state index is 0.261. The third-order valence-electron chi connectivity index (χ3n) is 6.43. The Morgan fingerprint density at radius 1 is 0.636 bits per heavy atom. The maximum absolute atomic E-state index is 12.3. The lowest BCUT2D eigenvalue weighted by Gasteiger charge is -2.11. The minimum atomic E-state index is -0.263. The third-order valence-corrected chi connectivity index (χ3v) is 6.43. The van der Waals surface area contributed by atoms with Crippen LogP contribution in [0.4, 0.5) is 0 Å². The van der Waals surface area contributed by atoms with E-state index >= 15 is 0 Å². The first-order valence-electron chi connectivity index (χ1n) is 13.6. The molecule has 4 nitrogen and oxygen atoms in total. The van der Waals surface area contributed by atoms with Crippen molar-refractivity contribution in [3.63, 3.8) is 0 Å². The van der Waals surface area contributed by atoms with Crippen LogP contribution in [-0.2, 0) is 9.59 Å². The van der Waals surface area contributed by atoms with Crippen molar-refractivity contribution in [2.75, 3.05) is 0 Å². The van der Waals surface area contributed by atoms with Crippen molar-refractivity contribution in [2.24, 2.45) is 5.92 Å². The number of carbonyl (C=O) groups excluding carboxylic acids is 2. The summed E-state index contributed by atoms with van der Waals surface area (Å²) >= 11 is 0. The second-order valence-electron chi connectivity index (χ2n) is 9.26. The average molecular weight is 461 g/mol. The van der Waals surface area contributed by atoms with Crippen LogP contribution >= 0.6 is 0 Å². The number of rotatable bonds is 20. The molecule has 0 aliphatic heterocycles. The summed E-state index contributed by atoms with van der Waals surface area (Å²) in [6.07, 6.45) is 18.3. The number of carbonyl (C=O) groups is 2. The van der Waals surface area contributed by atoms with E-state index in [9.17, 15) is 9.59 Å². The molecule has 0 radical (unpaired) electrons. The molecule has 188 valence electrons. The van der Waals surface area contributed by atoms with Crippen molar-refractivity contribution < 1.29 is 19.1 Å². The van der Waals surface area contributed by atoms with Crippen molar-refractivity contribution in [1.29, 1.82) is 0 Å². The van der Waals surface area contributed by atoms with Crippen molar-refractivity contribution in [3.8, 4) is 11.5 Å². The largest absolute Gasteiger partial charge is 0.423 e. The van der Waals surface area contributed by atoms with Gasteiger partial charge in [-0.3, -0.25) is 9.59 Å². The molecule has 0 saturated heterocycles. The van der Waals surface area contributed by atoms with Gasteiger partial charge in [0.1, 0.15) is 0 Å². The molecular weight excluding hydrogens is 412 g/mol. The van der Waals surface area contributed by atoms with Gasteiger partial charge in [0.25, 0.3) is 0 Å². The molecule has 0 aromatic heterocycles. The molecule has 0 amide bonds. The second-order valence-corrected chi connectivity index (χ2v) is 9.26. The second kappa shape index (κ2) is 19.6. The fourth-order valence-electron chi connectivity index (χ4n) is 4.12. The number of ether oxygens (including phenoxy) is 2. The molecule has 0 aliphatic rings. The summed E-state index contributed by atoms with van der Waals surface area (Å²) < 4.78 is 11.0. The van der Waals surface area contributed by atoms with Crippen LogP contribution in [0.5, 0.6) is 11.5 Å². The summed E-state index contributed by atoms with van der Waals surface area (Å²) in [5, 5.41) is 0. The Morgan fingerprint density at radius 3 is 1.52 bits per heavy atom. The van der Waals surface area contributed by atoms with Crippen molar-refractivity contribution >= 4 is 11.9 Å². The van der Waals surface area contributed by atoms with Gasteiger partial charge < -0.3 is 9.47 Å². The highest BCUT2D eigenvalue weighted by Crippen LogP contribution is 2.28. The molecule has 1 rings (SSSR count). The SMILES string of the molecule is CCCCCCCCCC(=O)Oc1ccccc1OC(=O)CCCCCCCC(CC)CC. The Hall–Kier alpha value is -1.84. The summed E-state index contributed by atoms with van der Waals surface area (Å²) in [6, 6.07) is 6.95. The average Bonchev–Trinajstić information content (AvgIpc) is 2.81. The van der Waals surface area contributed by atoms with Gasteiger partial charge >= 0.3 is 11.9 Å². The van der Waals surface area contributed by atoms with Gasteiger partial charge in [0.05, 0.1) is 0 Å². The van der Waals surface area contributed by atoms with Crippen molar-refractivity contribution in [1.82, 2.24) is 0 Å². The standard InChI is InChI=1S/C29H48O4/c1-4-7-8-9-10-13-16-23-28(30)32-26-21-18-19-22-27(26)33-29(31)24-17-14-11-12-15-20-25(5-2)6-3/h18-19,21-22,25H,4-17,20,23-24H2,1-3H3. The third kappa shape index (κ3) is 14.8. The molecule has 0 aliphatic carbocycles. The Kier molecular flexibility index (Phi) is 17.4. The van der Waals surface area contributed by atoms with E-state index in [-0.39, 0.29) is 11.9 Å². The molecule has 1 aromatic rings. The highest BCUT2D eigenvalue weighted by Gasteiger charge is 2.13. The van der Waals surface area contributed by atoms with Crippen molar-refractivity contribution in [3.05, 3.63) is 24.3 Å². The first-order valence-corrected chi connectivity index (χ1v) is 13.6. The summed E-state index contributed by atoms with van der Waals surface area (Å²) in [4.78, 5) is 24.5. The van der Waals surface area contributed by atoms with Crippen LogP contribution in [0.25, 0.3) is 0 Å². The van der Waals surface area contributed by atoms with E-state index < -0.39 is 0 Å². The number of unbranched alkanes of at least 4 members (excludes halogenated alkanes) is 10. The fourth-order valence-corrected chi connectivity index (χ4v) is 4.12. The van der Waals surface area contributed by atoms with Gasteiger partial charge in [0.2, 0.25) is 0 Å². The number of hydrogen-bond acceptors (Lipinski definition) is 4. The first-order chi connectivity index (χ1) is 16.1. The molecule has 0 bridgehead atoms. The van der Waals surface area contributed by atoms with Crippen LogP contribution in [0.2, 0.25) is 0 Å². The molecule has 0 heterocycles.